The Morgan fingerprint density at radius 3 is 2.05 bits per heavy atom. The zero-order valence-electron chi connectivity index (χ0n) is 11.7. The molecule has 0 saturated heterocycles. The topological polar surface area (TPSA) is 29.1 Å². The number of aryl methyl sites for hydroxylation is 1. The zero-order chi connectivity index (χ0) is 14.0. The van der Waals surface area contributed by atoms with E-state index in [1.54, 1.807) is 0 Å². The number of benzene rings is 2. The van der Waals surface area contributed by atoms with Gasteiger partial charge in [0.05, 0.1) is 6.42 Å². The highest BCUT2D eigenvalue weighted by Gasteiger charge is 2.01. The number of hydrogen-bond donors (Lipinski definition) is 1. The molecule has 0 aliphatic heterocycles. The summed E-state index contributed by atoms with van der Waals surface area (Å²) < 4.78 is 0. The average molecular weight is 267 g/mol. The summed E-state index contributed by atoms with van der Waals surface area (Å²) >= 11 is 0. The molecule has 0 aromatic heterocycles. The van der Waals surface area contributed by atoms with Gasteiger partial charge in [-0.15, -0.1) is 0 Å². The van der Waals surface area contributed by atoms with Gasteiger partial charge >= 0.3 is 0 Å². The highest BCUT2D eigenvalue weighted by atomic mass is 16.1. The molecular weight excluding hydrogens is 246 g/mol. The minimum absolute atomic E-state index is 0.107. The molecule has 1 N–H and O–H groups in total. The zero-order valence-corrected chi connectivity index (χ0v) is 11.7. The summed E-state index contributed by atoms with van der Waals surface area (Å²) in [6.07, 6.45) is 3.68. The van der Waals surface area contributed by atoms with Gasteiger partial charge in [-0.25, -0.2) is 0 Å². The molecule has 104 valence electrons. The van der Waals surface area contributed by atoms with Crippen LogP contribution >= 0.6 is 0 Å². The molecule has 2 aromatic rings. The number of nitrogens with one attached hydrogen (secondary N) is 1. The molecule has 0 aliphatic carbocycles. The second kappa shape index (κ2) is 8.16. The van der Waals surface area contributed by atoms with Gasteiger partial charge in [0, 0.05) is 6.54 Å². The summed E-state index contributed by atoms with van der Waals surface area (Å²) in [5.74, 6) is 0.107. The SMILES string of the molecule is O=C(Cc1ccccc1)NCCCCc1ccccc1. The maximum atomic E-state index is 11.7. The molecule has 1 amide bonds. The van der Waals surface area contributed by atoms with Crippen LogP contribution in [0.15, 0.2) is 60.7 Å². The molecule has 2 rings (SSSR count). The number of unbranched alkanes of at least 4 members (excludes halogenated alkanes) is 1. The predicted octanol–water partition coefficient (Wildman–Crippen LogP) is 3.37. The second-order valence-electron chi connectivity index (χ2n) is 4.96. The summed E-state index contributed by atoms with van der Waals surface area (Å²) in [4.78, 5) is 11.7. The van der Waals surface area contributed by atoms with E-state index in [4.69, 9.17) is 0 Å². The van der Waals surface area contributed by atoms with Crippen molar-refractivity contribution in [3.05, 3.63) is 71.8 Å². The lowest BCUT2D eigenvalue weighted by molar-refractivity contribution is -0.120. The van der Waals surface area contributed by atoms with E-state index in [9.17, 15) is 4.79 Å². The van der Waals surface area contributed by atoms with Gasteiger partial charge in [0.1, 0.15) is 0 Å². The van der Waals surface area contributed by atoms with Crippen LogP contribution in [-0.2, 0) is 17.6 Å². The molecule has 0 atom stereocenters. The van der Waals surface area contributed by atoms with E-state index in [1.807, 2.05) is 36.4 Å². The van der Waals surface area contributed by atoms with E-state index in [2.05, 4.69) is 29.6 Å². The molecule has 0 aliphatic rings. The number of amides is 1. The standard InChI is InChI=1S/C18H21NO/c20-18(15-17-12-5-2-6-13-17)19-14-8-7-11-16-9-3-1-4-10-16/h1-6,9-10,12-13H,7-8,11,14-15H2,(H,19,20). The highest BCUT2D eigenvalue weighted by Crippen LogP contribution is 2.04. The lowest BCUT2D eigenvalue weighted by Crippen LogP contribution is -2.26. The van der Waals surface area contributed by atoms with Crippen LogP contribution < -0.4 is 5.32 Å². The van der Waals surface area contributed by atoms with Crippen molar-refractivity contribution in [2.45, 2.75) is 25.7 Å². The second-order valence-corrected chi connectivity index (χ2v) is 4.96. The van der Waals surface area contributed by atoms with E-state index in [1.165, 1.54) is 5.56 Å². The largest absolute Gasteiger partial charge is 0.356 e. The number of rotatable bonds is 7. The van der Waals surface area contributed by atoms with Gasteiger partial charge in [-0.2, -0.15) is 0 Å². The fourth-order valence-corrected chi connectivity index (χ4v) is 2.17. The van der Waals surface area contributed by atoms with Crippen LogP contribution in [0.25, 0.3) is 0 Å². The third kappa shape index (κ3) is 5.27. The normalized spacial score (nSPS) is 10.2. The van der Waals surface area contributed by atoms with Crippen LogP contribution in [0.3, 0.4) is 0 Å². The molecule has 20 heavy (non-hydrogen) atoms. The number of carbonyl (C=O) groups is 1. The quantitative estimate of drug-likeness (QED) is 0.766. The van der Waals surface area contributed by atoms with Crippen LogP contribution in [0.2, 0.25) is 0 Å². The van der Waals surface area contributed by atoms with Gasteiger partial charge in [0.15, 0.2) is 0 Å². The molecule has 2 aromatic carbocycles. The first kappa shape index (κ1) is 14.3. The Bertz CT molecular complexity index is 507. The number of carbonyl (C=O) groups excluding carboxylic acids is 1. The van der Waals surface area contributed by atoms with Gasteiger partial charge in [0.25, 0.3) is 0 Å². The van der Waals surface area contributed by atoms with Crippen molar-refractivity contribution in [2.75, 3.05) is 6.54 Å². The van der Waals surface area contributed by atoms with Crippen LogP contribution in [0.1, 0.15) is 24.0 Å². The summed E-state index contributed by atoms with van der Waals surface area (Å²) in [6.45, 7) is 0.762. The number of hydrogen-bond acceptors (Lipinski definition) is 1. The van der Waals surface area contributed by atoms with Gasteiger partial charge in [-0.1, -0.05) is 60.7 Å². The third-order valence-electron chi connectivity index (χ3n) is 3.26. The Hall–Kier alpha value is -2.09. The maximum Gasteiger partial charge on any atom is 0.224 e. The van der Waals surface area contributed by atoms with E-state index in [0.717, 1.165) is 31.4 Å². The lowest BCUT2D eigenvalue weighted by atomic mass is 10.1. The van der Waals surface area contributed by atoms with Crippen LogP contribution in [0, 0.1) is 0 Å². The molecule has 0 bridgehead atoms. The molecule has 2 heteroatoms. The molecule has 0 radical (unpaired) electrons. The molecule has 0 heterocycles. The van der Waals surface area contributed by atoms with E-state index in [-0.39, 0.29) is 5.91 Å². The predicted molar refractivity (Wildman–Crippen MR) is 82.5 cm³/mol. The van der Waals surface area contributed by atoms with Crippen LogP contribution in [0.5, 0.6) is 0 Å². The lowest BCUT2D eigenvalue weighted by Gasteiger charge is -2.05. The average Bonchev–Trinajstić information content (AvgIpc) is 2.49. The van der Waals surface area contributed by atoms with Gasteiger partial charge < -0.3 is 5.32 Å². The van der Waals surface area contributed by atoms with Crippen molar-refractivity contribution in [2.24, 2.45) is 0 Å². The Morgan fingerprint density at radius 2 is 1.40 bits per heavy atom. The van der Waals surface area contributed by atoms with E-state index < -0.39 is 0 Å². The first-order valence-corrected chi connectivity index (χ1v) is 7.19. The van der Waals surface area contributed by atoms with Crippen molar-refractivity contribution in [1.82, 2.24) is 5.32 Å². The van der Waals surface area contributed by atoms with E-state index >= 15 is 0 Å². The molecule has 0 unspecified atom stereocenters. The molecule has 0 spiro atoms. The summed E-state index contributed by atoms with van der Waals surface area (Å²) in [6, 6.07) is 20.3. The third-order valence-corrected chi connectivity index (χ3v) is 3.26. The van der Waals surface area contributed by atoms with Crippen molar-refractivity contribution >= 4 is 5.91 Å². The van der Waals surface area contributed by atoms with Gasteiger partial charge in [-0.3, -0.25) is 4.79 Å². The minimum atomic E-state index is 0.107. The Morgan fingerprint density at radius 1 is 0.800 bits per heavy atom. The molecule has 0 fully saturated rings. The monoisotopic (exact) mass is 267 g/mol. The molecular formula is C18H21NO. The Balaban J connectivity index is 1.58. The van der Waals surface area contributed by atoms with Crippen molar-refractivity contribution in [3.8, 4) is 0 Å². The molecule has 2 nitrogen and oxygen atoms in total. The molecule has 0 saturated carbocycles. The first-order valence-electron chi connectivity index (χ1n) is 7.19. The fraction of sp³-hybridized carbons (Fsp3) is 0.278. The van der Waals surface area contributed by atoms with Gasteiger partial charge in [-0.05, 0) is 30.4 Å². The Labute approximate surface area is 120 Å². The smallest absolute Gasteiger partial charge is 0.224 e. The summed E-state index contributed by atoms with van der Waals surface area (Å²) in [7, 11) is 0. The van der Waals surface area contributed by atoms with Crippen LogP contribution in [0.4, 0.5) is 0 Å². The minimum Gasteiger partial charge on any atom is -0.356 e. The van der Waals surface area contributed by atoms with E-state index in [0.29, 0.717) is 6.42 Å². The Kier molecular flexibility index (Phi) is 5.84. The van der Waals surface area contributed by atoms with Crippen molar-refractivity contribution < 1.29 is 4.79 Å². The highest BCUT2D eigenvalue weighted by molar-refractivity contribution is 5.78. The van der Waals surface area contributed by atoms with Gasteiger partial charge in [0.2, 0.25) is 5.91 Å². The first-order chi connectivity index (χ1) is 9.84. The summed E-state index contributed by atoms with van der Waals surface area (Å²) in [5.41, 5.74) is 2.43. The van der Waals surface area contributed by atoms with Crippen molar-refractivity contribution in [1.29, 1.82) is 0 Å². The van der Waals surface area contributed by atoms with Crippen molar-refractivity contribution in [3.63, 3.8) is 0 Å². The van der Waals surface area contributed by atoms with Crippen LogP contribution in [-0.4, -0.2) is 12.5 Å². The fourth-order valence-electron chi connectivity index (χ4n) is 2.17. The summed E-state index contributed by atoms with van der Waals surface area (Å²) in [5, 5.41) is 2.98. The maximum absolute atomic E-state index is 11.7.